The molecule has 0 fully saturated rings. The molecule has 0 unspecified atom stereocenters. The standard InChI is InChI=1S/C9H10BrCl/c1-9(2,11)7-5-3-4-6-8(7)10/h3-6H,1-2H3. The fraction of sp³-hybridized carbons (Fsp3) is 0.333. The van der Waals surface area contributed by atoms with Crippen molar-refractivity contribution in [2.24, 2.45) is 0 Å². The Labute approximate surface area is 80.7 Å². The minimum absolute atomic E-state index is 0.292. The van der Waals surface area contributed by atoms with Gasteiger partial charge in [-0.05, 0) is 25.5 Å². The van der Waals surface area contributed by atoms with E-state index in [4.69, 9.17) is 11.6 Å². The summed E-state index contributed by atoms with van der Waals surface area (Å²) >= 11 is 9.58. The topological polar surface area (TPSA) is 0 Å². The molecular weight excluding hydrogens is 223 g/mol. The molecule has 0 amide bonds. The maximum absolute atomic E-state index is 6.13. The monoisotopic (exact) mass is 232 g/mol. The van der Waals surface area contributed by atoms with Crippen LogP contribution >= 0.6 is 27.5 Å². The normalized spacial score (nSPS) is 11.6. The highest BCUT2D eigenvalue weighted by molar-refractivity contribution is 9.10. The molecule has 0 saturated carbocycles. The Bertz CT molecular complexity index is 250. The Morgan fingerprint density at radius 1 is 1.27 bits per heavy atom. The molecule has 0 aliphatic heterocycles. The van der Waals surface area contributed by atoms with Gasteiger partial charge < -0.3 is 0 Å². The number of hydrogen-bond donors (Lipinski definition) is 0. The molecule has 1 rings (SSSR count). The van der Waals surface area contributed by atoms with E-state index in [1.807, 2.05) is 38.1 Å². The SMILES string of the molecule is CC(C)(Cl)c1ccccc1Br. The van der Waals surface area contributed by atoms with E-state index in [-0.39, 0.29) is 4.87 Å². The molecule has 0 aromatic heterocycles. The Morgan fingerprint density at radius 2 is 1.82 bits per heavy atom. The average Bonchev–Trinajstić information content (AvgIpc) is 1.86. The first-order chi connectivity index (χ1) is 5.02. The van der Waals surface area contributed by atoms with Crippen molar-refractivity contribution in [2.75, 3.05) is 0 Å². The van der Waals surface area contributed by atoms with Crippen LogP contribution in [-0.4, -0.2) is 0 Å². The van der Waals surface area contributed by atoms with E-state index in [0.29, 0.717) is 0 Å². The lowest BCUT2D eigenvalue weighted by Gasteiger charge is -2.17. The van der Waals surface area contributed by atoms with Crippen LogP contribution in [0.4, 0.5) is 0 Å². The van der Waals surface area contributed by atoms with Gasteiger partial charge in [0.05, 0.1) is 4.87 Å². The van der Waals surface area contributed by atoms with Gasteiger partial charge in [0.2, 0.25) is 0 Å². The third-order valence-electron chi connectivity index (χ3n) is 1.51. The quantitative estimate of drug-likeness (QED) is 0.645. The predicted octanol–water partition coefficient (Wildman–Crippen LogP) is 3.92. The van der Waals surface area contributed by atoms with Gasteiger partial charge in [-0.15, -0.1) is 11.6 Å². The van der Waals surface area contributed by atoms with Gasteiger partial charge >= 0.3 is 0 Å². The van der Waals surface area contributed by atoms with Crippen LogP contribution in [0.1, 0.15) is 19.4 Å². The lowest BCUT2D eigenvalue weighted by molar-refractivity contribution is 0.761. The van der Waals surface area contributed by atoms with Crippen LogP contribution in [0, 0.1) is 0 Å². The molecule has 0 heterocycles. The molecule has 0 radical (unpaired) electrons. The molecule has 60 valence electrons. The van der Waals surface area contributed by atoms with Crippen molar-refractivity contribution in [3.05, 3.63) is 34.3 Å². The Balaban J connectivity index is 3.14. The summed E-state index contributed by atoms with van der Waals surface area (Å²) in [5.74, 6) is 0. The van der Waals surface area contributed by atoms with E-state index < -0.39 is 0 Å². The molecule has 0 saturated heterocycles. The molecule has 0 spiro atoms. The van der Waals surface area contributed by atoms with Gasteiger partial charge in [0.15, 0.2) is 0 Å². The highest BCUT2D eigenvalue weighted by Crippen LogP contribution is 2.32. The predicted molar refractivity (Wildman–Crippen MR) is 53.0 cm³/mol. The van der Waals surface area contributed by atoms with Crippen LogP contribution < -0.4 is 0 Å². The first-order valence-electron chi connectivity index (χ1n) is 3.46. The van der Waals surface area contributed by atoms with Gasteiger partial charge in [0, 0.05) is 4.47 Å². The Morgan fingerprint density at radius 3 is 2.18 bits per heavy atom. The van der Waals surface area contributed by atoms with Crippen molar-refractivity contribution in [1.29, 1.82) is 0 Å². The van der Waals surface area contributed by atoms with Crippen LogP contribution in [0.3, 0.4) is 0 Å². The van der Waals surface area contributed by atoms with Crippen LogP contribution in [0.5, 0.6) is 0 Å². The third-order valence-corrected chi connectivity index (χ3v) is 2.41. The van der Waals surface area contributed by atoms with E-state index in [2.05, 4.69) is 15.9 Å². The summed E-state index contributed by atoms with van der Waals surface area (Å²) in [5.41, 5.74) is 1.13. The summed E-state index contributed by atoms with van der Waals surface area (Å²) in [6.45, 7) is 3.96. The molecule has 1 aromatic rings. The zero-order chi connectivity index (χ0) is 8.48. The second kappa shape index (κ2) is 3.16. The van der Waals surface area contributed by atoms with E-state index >= 15 is 0 Å². The van der Waals surface area contributed by atoms with Crippen molar-refractivity contribution in [3.63, 3.8) is 0 Å². The minimum atomic E-state index is -0.292. The summed E-state index contributed by atoms with van der Waals surface area (Å²) in [4.78, 5) is -0.292. The smallest absolute Gasteiger partial charge is 0.0649 e. The molecule has 0 nitrogen and oxygen atoms in total. The highest BCUT2D eigenvalue weighted by Gasteiger charge is 2.18. The van der Waals surface area contributed by atoms with Gasteiger partial charge in [-0.1, -0.05) is 34.1 Å². The summed E-state index contributed by atoms with van der Waals surface area (Å²) < 4.78 is 1.07. The van der Waals surface area contributed by atoms with Crippen molar-refractivity contribution < 1.29 is 0 Å². The number of hydrogen-bond acceptors (Lipinski definition) is 0. The van der Waals surface area contributed by atoms with Crippen LogP contribution in [0.25, 0.3) is 0 Å². The lowest BCUT2D eigenvalue weighted by Crippen LogP contribution is -2.07. The second-order valence-electron chi connectivity index (χ2n) is 2.95. The van der Waals surface area contributed by atoms with Gasteiger partial charge in [-0.2, -0.15) is 0 Å². The maximum Gasteiger partial charge on any atom is 0.0649 e. The van der Waals surface area contributed by atoms with E-state index in [1.165, 1.54) is 0 Å². The van der Waals surface area contributed by atoms with Crippen molar-refractivity contribution in [3.8, 4) is 0 Å². The summed E-state index contributed by atoms with van der Waals surface area (Å²) in [7, 11) is 0. The fourth-order valence-corrected chi connectivity index (χ4v) is 2.00. The molecule has 0 bridgehead atoms. The number of halogens is 2. The van der Waals surface area contributed by atoms with E-state index in [1.54, 1.807) is 0 Å². The molecule has 0 atom stereocenters. The molecule has 0 aliphatic rings. The Hall–Kier alpha value is -0.0100. The summed E-state index contributed by atoms with van der Waals surface area (Å²) in [5, 5.41) is 0. The van der Waals surface area contributed by atoms with Gasteiger partial charge in [0.25, 0.3) is 0 Å². The largest absolute Gasteiger partial charge is 0.115 e. The molecule has 2 heteroatoms. The molecule has 0 N–H and O–H groups in total. The van der Waals surface area contributed by atoms with Crippen LogP contribution in [0.15, 0.2) is 28.7 Å². The first-order valence-corrected chi connectivity index (χ1v) is 4.63. The zero-order valence-electron chi connectivity index (χ0n) is 6.57. The summed E-state index contributed by atoms with van der Waals surface area (Å²) in [6, 6.07) is 8.00. The molecule has 11 heavy (non-hydrogen) atoms. The molecular formula is C9H10BrCl. The average molecular weight is 234 g/mol. The molecule has 0 aliphatic carbocycles. The fourth-order valence-electron chi connectivity index (χ4n) is 0.943. The van der Waals surface area contributed by atoms with Crippen molar-refractivity contribution in [1.82, 2.24) is 0 Å². The third kappa shape index (κ3) is 2.21. The second-order valence-corrected chi connectivity index (χ2v) is 4.75. The number of benzene rings is 1. The van der Waals surface area contributed by atoms with Crippen molar-refractivity contribution in [2.45, 2.75) is 18.7 Å². The van der Waals surface area contributed by atoms with Gasteiger partial charge in [-0.3, -0.25) is 0 Å². The zero-order valence-corrected chi connectivity index (χ0v) is 8.91. The maximum atomic E-state index is 6.13. The lowest BCUT2D eigenvalue weighted by atomic mass is 10.0. The molecule has 1 aromatic carbocycles. The summed E-state index contributed by atoms with van der Waals surface area (Å²) in [6.07, 6.45) is 0. The highest BCUT2D eigenvalue weighted by atomic mass is 79.9. The van der Waals surface area contributed by atoms with E-state index in [9.17, 15) is 0 Å². The Kier molecular flexibility index (Phi) is 2.61. The van der Waals surface area contributed by atoms with Crippen molar-refractivity contribution >= 4 is 27.5 Å². The first kappa shape index (κ1) is 9.08. The van der Waals surface area contributed by atoms with Crippen LogP contribution in [-0.2, 0) is 4.87 Å². The van der Waals surface area contributed by atoms with Gasteiger partial charge in [0.1, 0.15) is 0 Å². The van der Waals surface area contributed by atoms with Gasteiger partial charge in [-0.25, -0.2) is 0 Å². The van der Waals surface area contributed by atoms with E-state index in [0.717, 1.165) is 10.0 Å². The van der Waals surface area contributed by atoms with Crippen LogP contribution in [0.2, 0.25) is 0 Å². The number of alkyl halides is 1. The minimum Gasteiger partial charge on any atom is -0.115 e. The number of rotatable bonds is 1.